The SMILES string of the molecule is COc1cccc(CC(=O)Cc2ccccn2)c1. The molecule has 18 heavy (non-hydrogen) atoms. The molecular weight excluding hydrogens is 226 g/mol. The number of rotatable bonds is 5. The largest absolute Gasteiger partial charge is 0.497 e. The number of Topliss-reactive ketones (excluding diaryl/α,β-unsaturated/α-hetero) is 1. The maximum absolute atomic E-state index is 11.9. The molecule has 0 aliphatic heterocycles. The van der Waals surface area contributed by atoms with Crippen LogP contribution >= 0.6 is 0 Å². The Morgan fingerprint density at radius 3 is 2.78 bits per heavy atom. The summed E-state index contributed by atoms with van der Waals surface area (Å²) in [7, 11) is 1.62. The zero-order valence-electron chi connectivity index (χ0n) is 10.3. The summed E-state index contributed by atoms with van der Waals surface area (Å²) in [5.41, 5.74) is 1.78. The van der Waals surface area contributed by atoms with E-state index < -0.39 is 0 Å². The number of ether oxygens (including phenoxy) is 1. The highest BCUT2D eigenvalue weighted by Gasteiger charge is 2.06. The highest BCUT2D eigenvalue weighted by molar-refractivity contribution is 5.82. The summed E-state index contributed by atoms with van der Waals surface area (Å²) in [6.07, 6.45) is 2.49. The number of nitrogens with zero attached hydrogens (tertiary/aromatic N) is 1. The molecule has 2 aromatic rings. The van der Waals surface area contributed by atoms with Crippen molar-refractivity contribution in [2.75, 3.05) is 7.11 Å². The molecule has 0 saturated heterocycles. The summed E-state index contributed by atoms with van der Waals surface area (Å²) in [5, 5.41) is 0. The van der Waals surface area contributed by atoms with Crippen molar-refractivity contribution < 1.29 is 9.53 Å². The predicted molar refractivity (Wildman–Crippen MR) is 69.6 cm³/mol. The first-order valence-corrected chi connectivity index (χ1v) is 5.82. The quantitative estimate of drug-likeness (QED) is 0.807. The Hall–Kier alpha value is -2.16. The first-order chi connectivity index (χ1) is 8.78. The van der Waals surface area contributed by atoms with Crippen LogP contribution in [0, 0.1) is 0 Å². The van der Waals surface area contributed by atoms with E-state index in [0.717, 1.165) is 17.0 Å². The first kappa shape index (κ1) is 12.3. The van der Waals surface area contributed by atoms with E-state index in [1.165, 1.54) is 0 Å². The van der Waals surface area contributed by atoms with Crippen LogP contribution < -0.4 is 4.74 Å². The molecule has 0 aliphatic carbocycles. The molecule has 0 fully saturated rings. The van der Waals surface area contributed by atoms with E-state index in [2.05, 4.69) is 4.98 Å². The lowest BCUT2D eigenvalue weighted by atomic mass is 10.1. The maximum atomic E-state index is 11.9. The van der Waals surface area contributed by atoms with Gasteiger partial charge < -0.3 is 4.74 Å². The zero-order chi connectivity index (χ0) is 12.8. The van der Waals surface area contributed by atoms with Crippen molar-refractivity contribution in [1.29, 1.82) is 0 Å². The molecule has 3 nitrogen and oxygen atoms in total. The van der Waals surface area contributed by atoms with E-state index in [4.69, 9.17) is 4.74 Å². The van der Waals surface area contributed by atoms with Gasteiger partial charge in [0, 0.05) is 24.7 Å². The summed E-state index contributed by atoms with van der Waals surface area (Å²) < 4.78 is 5.13. The van der Waals surface area contributed by atoms with Gasteiger partial charge in [-0.05, 0) is 29.8 Å². The molecule has 3 heteroatoms. The molecule has 1 aromatic heterocycles. The summed E-state index contributed by atoms with van der Waals surface area (Å²) in [6.45, 7) is 0. The monoisotopic (exact) mass is 241 g/mol. The second-order valence-corrected chi connectivity index (χ2v) is 4.06. The molecule has 2 rings (SSSR count). The van der Waals surface area contributed by atoms with Crippen molar-refractivity contribution >= 4 is 5.78 Å². The molecule has 1 heterocycles. The molecule has 1 aromatic carbocycles. The van der Waals surface area contributed by atoms with Crippen LogP contribution in [0.25, 0.3) is 0 Å². The number of carbonyl (C=O) groups is 1. The van der Waals surface area contributed by atoms with Crippen LogP contribution in [-0.2, 0) is 17.6 Å². The lowest BCUT2D eigenvalue weighted by Gasteiger charge is -2.04. The van der Waals surface area contributed by atoms with Gasteiger partial charge in [0.1, 0.15) is 11.5 Å². The topological polar surface area (TPSA) is 39.2 Å². The summed E-state index contributed by atoms with van der Waals surface area (Å²) in [6, 6.07) is 13.2. The van der Waals surface area contributed by atoms with Gasteiger partial charge in [-0.1, -0.05) is 18.2 Å². The van der Waals surface area contributed by atoms with E-state index >= 15 is 0 Å². The zero-order valence-corrected chi connectivity index (χ0v) is 10.3. The minimum atomic E-state index is 0.155. The van der Waals surface area contributed by atoms with E-state index in [9.17, 15) is 4.79 Å². The third kappa shape index (κ3) is 3.42. The van der Waals surface area contributed by atoms with Gasteiger partial charge in [-0.25, -0.2) is 0 Å². The van der Waals surface area contributed by atoms with Crippen molar-refractivity contribution in [3.05, 3.63) is 59.9 Å². The normalized spacial score (nSPS) is 10.1. The Morgan fingerprint density at radius 1 is 1.17 bits per heavy atom. The Labute approximate surface area is 106 Å². The fraction of sp³-hybridized carbons (Fsp3) is 0.200. The second kappa shape index (κ2) is 5.96. The van der Waals surface area contributed by atoms with Crippen LogP contribution in [0.1, 0.15) is 11.3 Å². The molecule has 92 valence electrons. The van der Waals surface area contributed by atoms with E-state index in [-0.39, 0.29) is 5.78 Å². The molecule has 0 N–H and O–H groups in total. The lowest BCUT2D eigenvalue weighted by molar-refractivity contribution is -0.117. The molecule has 0 unspecified atom stereocenters. The average molecular weight is 241 g/mol. The number of ketones is 1. The molecule has 0 spiro atoms. The Morgan fingerprint density at radius 2 is 2.06 bits per heavy atom. The second-order valence-electron chi connectivity index (χ2n) is 4.06. The van der Waals surface area contributed by atoms with Gasteiger partial charge in [0.15, 0.2) is 0 Å². The number of benzene rings is 1. The highest BCUT2D eigenvalue weighted by atomic mass is 16.5. The minimum absolute atomic E-state index is 0.155. The highest BCUT2D eigenvalue weighted by Crippen LogP contribution is 2.13. The fourth-order valence-electron chi connectivity index (χ4n) is 1.78. The van der Waals surface area contributed by atoms with Crippen molar-refractivity contribution in [1.82, 2.24) is 4.98 Å². The summed E-state index contributed by atoms with van der Waals surface area (Å²) in [5.74, 6) is 0.931. The maximum Gasteiger partial charge on any atom is 0.143 e. The smallest absolute Gasteiger partial charge is 0.143 e. The number of aromatic nitrogens is 1. The molecule has 0 atom stereocenters. The number of hydrogen-bond donors (Lipinski definition) is 0. The van der Waals surface area contributed by atoms with Gasteiger partial charge in [-0.3, -0.25) is 9.78 Å². The first-order valence-electron chi connectivity index (χ1n) is 5.82. The minimum Gasteiger partial charge on any atom is -0.497 e. The lowest BCUT2D eigenvalue weighted by Crippen LogP contribution is -2.07. The Bertz CT molecular complexity index is 523. The van der Waals surface area contributed by atoms with E-state index in [1.807, 2.05) is 42.5 Å². The molecule has 0 aliphatic rings. The average Bonchev–Trinajstić information content (AvgIpc) is 2.40. The molecule has 0 saturated carbocycles. The van der Waals surface area contributed by atoms with Crippen molar-refractivity contribution in [3.8, 4) is 5.75 Å². The molecule has 0 bridgehead atoms. The van der Waals surface area contributed by atoms with Crippen molar-refractivity contribution in [2.45, 2.75) is 12.8 Å². The third-order valence-electron chi connectivity index (χ3n) is 2.64. The van der Waals surface area contributed by atoms with Gasteiger partial charge in [-0.15, -0.1) is 0 Å². The van der Waals surface area contributed by atoms with Gasteiger partial charge >= 0.3 is 0 Å². The van der Waals surface area contributed by atoms with Gasteiger partial charge in [-0.2, -0.15) is 0 Å². The molecular formula is C15H15NO2. The van der Waals surface area contributed by atoms with E-state index in [1.54, 1.807) is 13.3 Å². The van der Waals surface area contributed by atoms with Crippen LogP contribution in [0.3, 0.4) is 0 Å². The van der Waals surface area contributed by atoms with Gasteiger partial charge in [0.05, 0.1) is 7.11 Å². The third-order valence-corrected chi connectivity index (χ3v) is 2.64. The van der Waals surface area contributed by atoms with Crippen LogP contribution in [0.4, 0.5) is 0 Å². The number of pyridine rings is 1. The number of carbonyl (C=O) groups excluding carboxylic acids is 1. The standard InChI is InChI=1S/C15H15NO2/c1-18-15-7-4-5-12(10-15)9-14(17)11-13-6-2-3-8-16-13/h2-8,10H,9,11H2,1H3. The predicted octanol–water partition coefficient (Wildman–Crippen LogP) is 2.44. The Kier molecular flexibility index (Phi) is 4.07. The van der Waals surface area contributed by atoms with E-state index in [0.29, 0.717) is 12.8 Å². The number of methoxy groups -OCH3 is 1. The van der Waals surface area contributed by atoms with Gasteiger partial charge in [0.25, 0.3) is 0 Å². The summed E-state index contributed by atoms with van der Waals surface area (Å²) >= 11 is 0. The Balaban J connectivity index is 1.99. The van der Waals surface area contributed by atoms with Crippen molar-refractivity contribution in [3.63, 3.8) is 0 Å². The van der Waals surface area contributed by atoms with Crippen LogP contribution in [-0.4, -0.2) is 17.9 Å². The van der Waals surface area contributed by atoms with Crippen LogP contribution in [0.2, 0.25) is 0 Å². The van der Waals surface area contributed by atoms with Crippen LogP contribution in [0.15, 0.2) is 48.7 Å². The molecule has 0 radical (unpaired) electrons. The number of hydrogen-bond acceptors (Lipinski definition) is 3. The fourth-order valence-corrected chi connectivity index (χ4v) is 1.78. The molecule has 0 amide bonds. The summed E-state index contributed by atoms with van der Waals surface area (Å²) in [4.78, 5) is 16.0. The van der Waals surface area contributed by atoms with Crippen molar-refractivity contribution in [2.24, 2.45) is 0 Å². The van der Waals surface area contributed by atoms with Crippen LogP contribution in [0.5, 0.6) is 5.75 Å². The van der Waals surface area contributed by atoms with Gasteiger partial charge in [0.2, 0.25) is 0 Å².